The number of benzene rings is 1. The van der Waals surface area contributed by atoms with Gasteiger partial charge in [-0.3, -0.25) is 14.5 Å². The Labute approximate surface area is 175 Å². The van der Waals surface area contributed by atoms with E-state index in [4.69, 9.17) is 0 Å². The van der Waals surface area contributed by atoms with E-state index < -0.39 is 0 Å². The Kier molecular flexibility index (Phi) is 5.95. The molecule has 5 nitrogen and oxygen atoms in total. The van der Waals surface area contributed by atoms with Crippen LogP contribution in [-0.2, 0) is 9.59 Å². The molecule has 0 aromatic heterocycles. The fraction of sp³-hybridized carbons (Fsp3) is 0.667. The lowest BCUT2D eigenvalue weighted by Gasteiger charge is -2.60. The predicted molar refractivity (Wildman–Crippen MR) is 114 cm³/mol. The van der Waals surface area contributed by atoms with E-state index in [-0.39, 0.29) is 29.3 Å². The third kappa shape index (κ3) is 3.81. The van der Waals surface area contributed by atoms with E-state index in [1.807, 2.05) is 15.9 Å². The Balaban J connectivity index is 1.43. The van der Waals surface area contributed by atoms with Crippen LogP contribution in [0.2, 0.25) is 0 Å². The SMILES string of the molecule is CC(C)N1C(=O)C2(CCN(C(=O)CN3CCCCCC3)CC2)C1c1ccccc1. The molecule has 5 heteroatoms. The van der Waals surface area contributed by atoms with Crippen molar-refractivity contribution in [2.24, 2.45) is 5.41 Å². The molecule has 1 aromatic carbocycles. The molecule has 3 aliphatic heterocycles. The minimum Gasteiger partial charge on any atom is -0.342 e. The largest absolute Gasteiger partial charge is 0.342 e. The van der Waals surface area contributed by atoms with Gasteiger partial charge in [-0.1, -0.05) is 43.2 Å². The topological polar surface area (TPSA) is 43.9 Å². The number of carbonyl (C=O) groups excluding carboxylic acids is 2. The standard InChI is InChI=1S/C24H35N3O2/c1-19(2)27-22(20-10-6-5-7-11-20)24(23(27)29)12-16-26(17-13-24)21(28)18-25-14-8-3-4-9-15-25/h5-7,10-11,19,22H,3-4,8-9,12-18H2,1-2H3. The average Bonchev–Trinajstić information content (AvgIpc) is 3.00. The lowest BCUT2D eigenvalue weighted by Crippen LogP contribution is -2.68. The number of amides is 2. The fourth-order valence-corrected chi connectivity index (χ4v) is 5.57. The van der Waals surface area contributed by atoms with Crippen LogP contribution in [0, 0.1) is 5.41 Å². The number of hydrogen-bond donors (Lipinski definition) is 0. The number of nitrogens with zero attached hydrogens (tertiary/aromatic N) is 3. The number of likely N-dealkylation sites (tertiary alicyclic amines) is 3. The molecule has 4 rings (SSSR count). The monoisotopic (exact) mass is 397 g/mol. The molecule has 3 fully saturated rings. The molecule has 29 heavy (non-hydrogen) atoms. The van der Waals surface area contributed by atoms with Crippen molar-refractivity contribution in [3.05, 3.63) is 35.9 Å². The fourth-order valence-electron chi connectivity index (χ4n) is 5.57. The first-order valence-corrected chi connectivity index (χ1v) is 11.4. The maximum atomic E-state index is 13.2. The first kappa shape index (κ1) is 20.4. The molecule has 2 amide bonds. The van der Waals surface area contributed by atoms with Gasteiger partial charge in [0.05, 0.1) is 18.0 Å². The van der Waals surface area contributed by atoms with Crippen molar-refractivity contribution in [1.82, 2.24) is 14.7 Å². The summed E-state index contributed by atoms with van der Waals surface area (Å²) in [6, 6.07) is 10.8. The number of rotatable bonds is 4. The Hall–Kier alpha value is -1.88. The zero-order chi connectivity index (χ0) is 20.4. The van der Waals surface area contributed by atoms with Crippen LogP contribution in [0.25, 0.3) is 0 Å². The summed E-state index contributed by atoms with van der Waals surface area (Å²) in [6.45, 7) is 8.23. The first-order chi connectivity index (χ1) is 14.0. The van der Waals surface area contributed by atoms with Crippen molar-refractivity contribution in [2.75, 3.05) is 32.7 Å². The highest BCUT2D eigenvalue weighted by Gasteiger charge is 2.62. The molecule has 1 unspecified atom stereocenters. The van der Waals surface area contributed by atoms with Gasteiger partial charge >= 0.3 is 0 Å². The van der Waals surface area contributed by atoms with Gasteiger partial charge in [0.2, 0.25) is 11.8 Å². The summed E-state index contributed by atoms with van der Waals surface area (Å²) < 4.78 is 0. The molecule has 0 N–H and O–H groups in total. The maximum absolute atomic E-state index is 13.2. The molecule has 158 valence electrons. The second kappa shape index (κ2) is 8.47. The van der Waals surface area contributed by atoms with Gasteiger partial charge < -0.3 is 9.80 Å². The minimum atomic E-state index is -0.328. The van der Waals surface area contributed by atoms with Gasteiger partial charge in [0.15, 0.2) is 0 Å². The van der Waals surface area contributed by atoms with Crippen LogP contribution in [0.15, 0.2) is 30.3 Å². The summed E-state index contributed by atoms with van der Waals surface area (Å²) in [5, 5.41) is 0. The second-order valence-corrected chi connectivity index (χ2v) is 9.35. The molecule has 0 radical (unpaired) electrons. The van der Waals surface area contributed by atoms with Gasteiger partial charge in [0, 0.05) is 19.1 Å². The van der Waals surface area contributed by atoms with E-state index in [1.54, 1.807) is 0 Å². The van der Waals surface area contributed by atoms with E-state index in [1.165, 1.54) is 31.2 Å². The normalized spacial score (nSPS) is 25.2. The quantitative estimate of drug-likeness (QED) is 0.731. The van der Waals surface area contributed by atoms with E-state index >= 15 is 0 Å². The Morgan fingerprint density at radius 2 is 1.62 bits per heavy atom. The zero-order valence-electron chi connectivity index (χ0n) is 18.0. The molecule has 1 atom stereocenters. The Morgan fingerprint density at radius 1 is 1.00 bits per heavy atom. The highest BCUT2D eigenvalue weighted by Crippen LogP contribution is 2.56. The summed E-state index contributed by atoms with van der Waals surface area (Å²) in [5.74, 6) is 0.520. The number of β-lactam (4-membered cyclic amide) rings is 1. The summed E-state index contributed by atoms with van der Waals surface area (Å²) in [4.78, 5) is 32.5. The summed E-state index contributed by atoms with van der Waals surface area (Å²) in [6.07, 6.45) is 6.53. The molecule has 3 aliphatic rings. The molecular formula is C24H35N3O2. The van der Waals surface area contributed by atoms with Crippen molar-refractivity contribution in [3.8, 4) is 0 Å². The Morgan fingerprint density at radius 3 is 2.21 bits per heavy atom. The van der Waals surface area contributed by atoms with Crippen LogP contribution in [-0.4, -0.2) is 65.3 Å². The molecular weight excluding hydrogens is 362 g/mol. The lowest BCUT2D eigenvalue weighted by molar-refractivity contribution is -0.186. The highest BCUT2D eigenvalue weighted by atomic mass is 16.2. The first-order valence-electron chi connectivity index (χ1n) is 11.4. The van der Waals surface area contributed by atoms with Crippen LogP contribution in [0.5, 0.6) is 0 Å². The molecule has 0 bridgehead atoms. The van der Waals surface area contributed by atoms with Crippen molar-refractivity contribution in [3.63, 3.8) is 0 Å². The molecule has 1 aromatic rings. The molecule has 0 saturated carbocycles. The van der Waals surface area contributed by atoms with Crippen LogP contribution in [0.4, 0.5) is 0 Å². The van der Waals surface area contributed by atoms with Crippen LogP contribution in [0.1, 0.15) is 64.0 Å². The van der Waals surface area contributed by atoms with Crippen molar-refractivity contribution < 1.29 is 9.59 Å². The summed E-state index contributed by atoms with van der Waals surface area (Å²) in [5.41, 5.74) is 0.899. The van der Waals surface area contributed by atoms with Crippen LogP contribution in [0.3, 0.4) is 0 Å². The molecule has 0 aliphatic carbocycles. The van der Waals surface area contributed by atoms with Gasteiger partial charge in [0.1, 0.15) is 0 Å². The van der Waals surface area contributed by atoms with Crippen molar-refractivity contribution >= 4 is 11.8 Å². The highest BCUT2D eigenvalue weighted by molar-refractivity contribution is 5.91. The Bertz CT molecular complexity index is 717. The molecule has 3 saturated heterocycles. The third-order valence-electron chi connectivity index (χ3n) is 7.20. The summed E-state index contributed by atoms with van der Waals surface area (Å²) >= 11 is 0. The smallest absolute Gasteiger partial charge is 0.236 e. The van der Waals surface area contributed by atoms with Gasteiger partial charge in [-0.15, -0.1) is 0 Å². The summed E-state index contributed by atoms with van der Waals surface area (Å²) in [7, 11) is 0. The van der Waals surface area contributed by atoms with Crippen LogP contribution < -0.4 is 0 Å². The van der Waals surface area contributed by atoms with Crippen molar-refractivity contribution in [1.29, 1.82) is 0 Å². The lowest BCUT2D eigenvalue weighted by atomic mass is 9.61. The number of piperidine rings is 1. The predicted octanol–water partition coefficient (Wildman–Crippen LogP) is 3.46. The maximum Gasteiger partial charge on any atom is 0.236 e. The van der Waals surface area contributed by atoms with E-state index in [2.05, 4.69) is 43.0 Å². The van der Waals surface area contributed by atoms with E-state index in [9.17, 15) is 9.59 Å². The second-order valence-electron chi connectivity index (χ2n) is 9.35. The molecule has 3 heterocycles. The minimum absolute atomic E-state index is 0.138. The van der Waals surface area contributed by atoms with Gasteiger partial charge in [-0.25, -0.2) is 0 Å². The van der Waals surface area contributed by atoms with Gasteiger partial charge in [-0.2, -0.15) is 0 Å². The molecule has 1 spiro atoms. The zero-order valence-corrected chi connectivity index (χ0v) is 18.0. The van der Waals surface area contributed by atoms with E-state index in [0.29, 0.717) is 19.6 Å². The average molecular weight is 398 g/mol. The third-order valence-corrected chi connectivity index (χ3v) is 7.20. The van der Waals surface area contributed by atoms with E-state index in [0.717, 1.165) is 25.9 Å². The van der Waals surface area contributed by atoms with Crippen molar-refractivity contribution in [2.45, 2.75) is 64.5 Å². The van der Waals surface area contributed by atoms with Crippen LogP contribution >= 0.6 is 0 Å². The van der Waals surface area contributed by atoms with Gasteiger partial charge in [0.25, 0.3) is 0 Å². The van der Waals surface area contributed by atoms with Gasteiger partial charge in [-0.05, 0) is 58.2 Å². The number of carbonyl (C=O) groups is 2. The number of hydrogen-bond acceptors (Lipinski definition) is 3.